The lowest BCUT2D eigenvalue weighted by Crippen LogP contribution is -2.44. The molecule has 1 amide bonds. The quantitative estimate of drug-likeness (QED) is 0.668. The van der Waals surface area contributed by atoms with Gasteiger partial charge >= 0.3 is 5.97 Å². The maximum Gasteiger partial charge on any atom is 0.306 e. The zero-order valence-electron chi connectivity index (χ0n) is 15.9. The van der Waals surface area contributed by atoms with Crippen molar-refractivity contribution in [2.45, 2.75) is 52.6 Å². The highest BCUT2D eigenvalue weighted by Gasteiger charge is 2.21. The van der Waals surface area contributed by atoms with Gasteiger partial charge in [0.15, 0.2) is 6.61 Å². The summed E-state index contributed by atoms with van der Waals surface area (Å²) in [7, 11) is 0. The molecule has 0 saturated carbocycles. The second kappa shape index (κ2) is 9.22. The van der Waals surface area contributed by atoms with Crippen LogP contribution in [0.15, 0.2) is 46.9 Å². The van der Waals surface area contributed by atoms with E-state index in [-0.39, 0.29) is 31.0 Å². The SMILES string of the molecule is CC(C)N(C(=O)COC(=O)CCc1ccc(-c2ccccc2)o1)C(C)C. The molecule has 1 heterocycles. The van der Waals surface area contributed by atoms with Crippen molar-refractivity contribution in [3.8, 4) is 11.3 Å². The molecule has 0 radical (unpaired) electrons. The summed E-state index contributed by atoms with van der Waals surface area (Å²) < 4.78 is 10.9. The predicted molar refractivity (Wildman–Crippen MR) is 101 cm³/mol. The molecule has 140 valence electrons. The Kier molecular flexibility index (Phi) is 7.01. The van der Waals surface area contributed by atoms with E-state index in [9.17, 15) is 9.59 Å². The molecule has 26 heavy (non-hydrogen) atoms. The second-order valence-electron chi connectivity index (χ2n) is 6.78. The largest absolute Gasteiger partial charge is 0.461 e. The number of amides is 1. The summed E-state index contributed by atoms with van der Waals surface area (Å²) in [4.78, 5) is 25.8. The summed E-state index contributed by atoms with van der Waals surface area (Å²) >= 11 is 0. The minimum absolute atomic E-state index is 0.0701. The van der Waals surface area contributed by atoms with E-state index in [0.717, 1.165) is 17.1 Å². The lowest BCUT2D eigenvalue weighted by Gasteiger charge is -2.30. The van der Waals surface area contributed by atoms with E-state index in [2.05, 4.69) is 0 Å². The number of hydrogen-bond acceptors (Lipinski definition) is 4. The van der Waals surface area contributed by atoms with Crippen LogP contribution in [0.2, 0.25) is 0 Å². The van der Waals surface area contributed by atoms with Gasteiger partial charge in [-0.05, 0) is 39.8 Å². The maximum absolute atomic E-state index is 12.2. The first-order chi connectivity index (χ1) is 12.4. The van der Waals surface area contributed by atoms with Crippen molar-refractivity contribution in [3.05, 3.63) is 48.2 Å². The molecule has 0 aliphatic carbocycles. The molecular weight excluding hydrogens is 330 g/mol. The summed E-state index contributed by atoms with van der Waals surface area (Å²) in [5.74, 6) is 0.919. The van der Waals surface area contributed by atoms with Gasteiger partial charge in [0.05, 0.1) is 6.42 Å². The van der Waals surface area contributed by atoms with Gasteiger partial charge in [0, 0.05) is 24.1 Å². The van der Waals surface area contributed by atoms with Crippen LogP contribution in [0.25, 0.3) is 11.3 Å². The van der Waals surface area contributed by atoms with E-state index in [4.69, 9.17) is 9.15 Å². The standard InChI is InChI=1S/C21H27NO4/c1-15(2)22(16(3)4)20(23)14-25-21(24)13-11-18-10-12-19(26-18)17-8-6-5-7-9-17/h5-10,12,15-16H,11,13-14H2,1-4H3. The Morgan fingerprint density at radius 1 is 1.00 bits per heavy atom. The van der Waals surface area contributed by atoms with Crippen molar-refractivity contribution in [2.24, 2.45) is 0 Å². The van der Waals surface area contributed by atoms with Crippen LogP contribution in [0.3, 0.4) is 0 Å². The van der Waals surface area contributed by atoms with Gasteiger partial charge in [-0.25, -0.2) is 0 Å². The van der Waals surface area contributed by atoms with Gasteiger partial charge in [-0.1, -0.05) is 30.3 Å². The first kappa shape index (κ1) is 19.8. The Bertz CT molecular complexity index is 711. The molecule has 0 saturated heterocycles. The normalized spacial score (nSPS) is 11.0. The first-order valence-electron chi connectivity index (χ1n) is 8.99. The summed E-state index contributed by atoms with van der Waals surface area (Å²) in [6.45, 7) is 7.56. The molecule has 5 heteroatoms. The van der Waals surface area contributed by atoms with E-state index in [0.29, 0.717) is 6.42 Å². The van der Waals surface area contributed by atoms with Crippen LogP contribution >= 0.6 is 0 Å². The van der Waals surface area contributed by atoms with Gasteiger partial charge in [-0.15, -0.1) is 0 Å². The van der Waals surface area contributed by atoms with Crippen LogP contribution in [0.5, 0.6) is 0 Å². The average Bonchev–Trinajstić information content (AvgIpc) is 3.07. The van der Waals surface area contributed by atoms with Crippen LogP contribution in [0, 0.1) is 0 Å². The van der Waals surface area contributed by atoms with E-state index < -0.39 is 5.97 Å². The smallest absolute Gasteiger partial charge is 0.306 e. The zero-order valence-corrected chi connectivity index (χ0v) is 15.9. The molecule has 0 spiro atoms. The minimum Gasteiger partial charge on any atom is -0.461 e. The van der Waals surface area contributed by atoms with Crippen LogP contribution in [-0.2, 0) is 20.7 Å². The van der Waals surface area contributed by atoms with E-state index in [1.165, 1.54) is 0 Å². The van der Waals surface area contributed by atoms with E-state index in [1.54, 1.807) is 4.90 Å². The van der Waals surface area contributed by atoms with Crippen molar-refractivity contribution < 1.29 is 18.7 Å². The third-order valence-corrected chi connectivity index (χ3v) is 4.05. The van der Waals surface area contributed by atoms with Crippen LogP contribution < -0.4 is 0 Å². The van der Waals surface area contributed by atoms with Gasteiger partial charge in [-0.2, -0.15) is 0 Å². The molecule has 0 atom stereocenters. The van der Waals surface area contributed by atoms with Crippen LogP contribution in [-0.4, -0.2) is 35.5 Å². The van der Waals surface area contributed by atoms with Gasteiger partial charge in [-0.3, -0.25) is 9.59 Å². The molecule has 0 aliphatic heterocycles. The number of esters is 1. The number of rotatable bonds is 8. The van der Waals surface area contributed by atoms with Gasteiger partial charge in [0.2, 0.25) is 0 Å². The Morgan fingerprint density at radius 2 is 1.65 bits per heavy atom. The summed E-state index contributed by atoms with van der Waals surface area (Å²) in [5.41, 5.74) is 0.995. The molecule has 5 nitrogen and oxygen atoms in total. The number of furan rings is 1. The fourth-order valence-electron chi connectivity index (χ4n) is 2.96. The van der Waals surface area contributed by atoms with Crippen molar-refractivity contribution in [2.75, 3.05) is 6.61 Å². The molecule has 0 bridgehead atoms. The Hall–Kier alpha value is -2.56. The minimum atomic E-state index is -0.400. The van der Waals surface area contributed by atoms with Crippen molar-refractivity contribution in [1.29, 1.82) is 0 Å². The summed E-state index contributed by atoms with van der Waals surface area (Å²) in [6.07, 6.45) is 0.621. The molecular formula is C21H27NO4. The fourth-order valence-corrected chi connectivity index (χ4v) is 2.96. The second-order valence-corrected chi connectivity index (χ2v) is 6.78. The van der Waals surface area contributed by atoms with Gasteiger partial charge < -0.3 is 14.1 Å². The Labute approximate surface area is 154 Å². The highest BCUT2D eigenvalue weighted by Crippen LogP contribution is 2.22. The Balaban J connectivity index is 1.80. The van der Waals surface area contributed by atoms with Crippen molar-refractivity contribution in [1.82, 2.24) is 4.90 Å². The van der Waals surface area contributed by atoms with Gasteiger partial charge in [0.25, 0.3) is 5.91 Å². The molecule has 2 rings (SSSR count). The maximum atomic E-state index is 12.2. The highest BCUT2D eigenvalue weighted by molar-refractivity contribution is 5.81. The Morgan fingerprint density at radius 3 is 2.27 bits per heavy atom. The lowest BCUT2D eigenvalue weighted by molar-refractivity contribution is -0.153. The van der Waals surface area contributed by atoms with Crippen LogP contribution in [0.4, 0.5) is 0 Å². The number of ether oxygens (including phenoxy) is 1. The van der Waals surface area contributed by atoms with E-state index in [1.807, 2.05) is 70.2 Å². The lowest BCUT2D eigenvalue weighted by atomic mass is 10.2. The molecule has 1 aromatic carbocycles. The number of carbonyl (C=O) groups excluding carboxylic acids is 2. The number of benzene rings is 1. The predicted octanol–water partition coefficient (Wildman–Crippen LogP) is 4.07. The monoisotopic (exact) mass is 357 g/mol. The summed E-state index contributed by atoms with van der Waals surface area (Å²) in [5, 5.41) is 0. The molecule has 0 fully saturated rings. The molecule has 0 N–H and O–H groups in total. The van der Waals surface area contributed by atoms with E-state index >= 15 is 0 Å². The molecule has 1 aromatic heterocycles. The summed E-state index contributed by atoms with van der Waals surface area (Å²) in [6, 6.07) is 13.7. The van der Waals surface area contributed by atoms with Gasteiger partial charge in [0.1, 0.15) is 11.5 Å². The number of carbonyl (C=O) groups is 2. The zero-order chi connectivity index (χ0) is 19.1. The molecule has 0 aliphatic rings. The number of aryl methyl sites for hydroxylation is 1. The van der Waals surface area contributed by atoms with Crippen LogP contribution in [0.1, 0.15) is 39.9 Å². The number of nitrogens with zero attached hydrogens (tertiary/aromatic N) is 1. The number of hydrogen-bond donors (Lipinski definition) is 0. The fraction of sp³-hybridized carbons (Fsp3) is 0.429. The third kappa shape index (κ3) is 5.48. The topological polar surface area (TPSA) is 59.8 Å². The average molecular weight is 357 g/mol. The van der Waals surface area contributed by atoms with Crippen molar-refractivity contribution >= 4 is 11.9 Å². The third-order valence-electron chi connectivity index (χ3n) is 4.05. The molecule has 0 unspecified atom stereocenters. The first-order valence-corrected chi connectivity index (χ1v) is 8.99. The highest BCUT2D eigenvalue weighted by atomic mass is 16.5. The molecule has 2 aromatic rings. The van der Waals surface area contributed by atoms with Crippen molar-refractivity contribution in [3.63, 3.8) is 0 Å².